The second kappa shape index (κ2) is 6.37. The van der Waals surface area contributed by atoms with Crippen LogP contribution in [0.4, 0.5) is 0 Å². The molecular formula is C8H19NO3. The van der Waals surface area contributed by atoms with Crippen molar-refractivity contribution in [2.24, 2.45) is 5.73 Å². The highest BCUT2D eigenvalue weighted by atomic mass is 16.5. The second-order valence-electron chi connectivity index (χ2n) is 2.98. The van der Waals surface area contributed by atoms with Crippen LogP contribution in [0.3, 0.4) is 0 Å². The smallest absolute Gasteiger partial charge is 0.111 e. The first-order chi connectivity index (χ1) is 5.68. The van der Waals surface area contributed by atoms with Gasteiger partial charge >= 0.3 is 0 Å². The summed E-state index contributed by atoms with van der Waals surface area (Å²) in [6.07, 6.45) is 1.40. The zero-order valence-corrected chi connectivity index (χ0v) is 7.88. The molecule has 0 radical (unpaired) electrons. The first kappa shape index (κ1) is 11.8. The largest absolute Gasteiger partial charge is 0.385 e. The maximum Gasteiger partial charge on any atom is 0.111 e. The molecule has 0 rings (SSSR count). The molecule has 0 aromatic heterocycles. The number of ether oxygens (including phenoxy) is 2. The van der Waals surface area contributed by atoms with Crippen LogP contribution in [0.1, 0.15) is 12.8 Å². The van der Waals surface area contributed by atoms with Gasteiger partial charge in [-0.1, -0.05) is 0 Å². The topological polar surface area (TPSA) is 64.7 Å². The van der Waals surface area contributed by atoms with Gasteiger partial charge < -0.3 is 20.3 Å². The molecule has 0 fully saturated rings. The second-order valence-corrected chi connectivity index (χ2v) is 2.98. The van der Waals surface area contributed by atoms with Crippen LogP contribution in [0, 0.1) is 0 Å². The van der Waals surface area contributed by atoms with Gasteiger partial charge in [0.05, 0.1) is 13.2 Å². The molecule has 12 heavy (non-hydrogen) atoms. The summed E-state index contributed by atoms with van der Waals surface area (Å²) in [7, 11) is 3.12. The van der Waals surface area contributed by atoms with Crippen LogP contribution in [0.25, 0.3) is 0 Å². The van der Waals surface area contributed by atoms with Crippen LogP contribution in [0.15, 0.2) is 0 Å². The highest BCUT2D eigenvalue weighted by Gasteiger charge is 2.25. The lowest BCUT2D eigenvalue weighted by Gasteiger charge is -2.26. The zero-order chi connectivity index (χ0) is 9.45. The van der Waals surface area contributed by atoms with E-state index in [0.29, 0.717) is 26.2 Å². The van der Waals surface area contributed by atoms with Crippen LogP contribution >= 0.6 is 0 Å². The van der Waals surface area contributed by atoms with Crippen molar-refractivity contribution >= 4 is 0 Å². The van der Waals surface area contributed by atoms with E-state index in [1.165, 1.54) is 0 Å². The van der Waals surface area contributed by atoms with Gasteiger partial charge in [0.2, 0.25) is 0 Å². The van der Waals surface area contributed by atoms with Crippen LogP contribution in [0.2, 0.25) is 0 Å². The summed E-state index contributed by atoms with van der Waals surface area (Å²) in [4.78, 5) is 0. The third kappa shape index (κ3) is 4.66. The van der Waals surface area contributed by atoms with Crippen LogP contribution in [0.5, 0.6) is 0 Å². The molecular weight excluding hydrogens is 158 g/mol. The molecule has 0 aromatic rings. The van der Waals surface area contributed by atoms with Gasteiger partial charge in [-0.05, 0) is 19.4 Å². The van der Waals surface area contributed by atoms with Gasteiger partial charge in [0, 0.05) is 14.2 Å². The van der Waals surface area contributed by atoms with Crippen molar-refractivity contribution < 1.29 is 14.6 Å². The van der Waals surface area contributed by atoms with Gasteiger partial charge in [0.15, 0.2) is 0 Å². The van der Waals surface area contributed by atoms with Crippen LogP contribution < -0.4 is 5.73 Å². The summed E-state index contributed by atoms with van der Waals surface area (Å²) in [5.41, 5.74) is 4.46. The molecule has 0 aliphatic rings. The Labute approximate surface area is 73.7 Å². The molecule has 0 saturated heterocycles. The third-order valence-electron chi connectivity index (χ3n) is 1.67. The lowest BCUT2D eigenvalue weighted by atomic mass is 10.00. The molecule has 0 amide bonds. The fourth-order valence-corrected chi connectivity index (χ4v) is 1.15. The molecule has 0 spiro atoms. The van der Waals surface area contributed by atoms with E-state index in [9.17, 15) is 5.11 Å². The Balaban J connectivity index is 3.80. The Bertz CT molecular complexity index is 102. The van der Waals surface area contributed by atoms with E-state index in [1.807, 2.05) is 0 Å². The number of aliphatic hydroxyl groups is 1. The molecule has 0 aliphatic heterocycles. The van der Waals surface area contributed by atoms with E-state index >= 15 is 0 Å². The molecule has 0 saturated carbocycles. The molecule has 0 atom stereocenters. The first-order valence-electron chi connectivity index (χ1n) is 4.09. The third-order valence-corrected chi connectivity index (χ3v) is 1.67. The monoisotopic (exact) mass is 177 g/mol. The average Bonchev–Trinajstić information content (AvgIpc) is 2.02. The molecule has 4 nitrogen and oxygen atoms in total. The quantitative estimate of drug-likeness (QED) is 0.563. The van der Waals surface area contributed by atoms with Gasteiger partial charge in [-0.25, -0.2) is 0 Å². The van der Waals surface area contributed by atoms with Gasteiger partial charge in [-0.2, -0.15) is 0 Å². The van der Waals surface area contributed by atoms with Gasteiger partial charge in [-0.15, -0.1) is 0 Å². The zero-order valence-electron chi connectivity index (χ0n) is 7.88. The highest BCUT2D eigenvalue weighted by molar-refractivity contribution is 4.77. The molecule has 74 valence electrons. The van der Waals surface area contributed by atoms with E-state index in [2.05, 4.69) is 0 Å². The normalized spacial score (nSPS) is 12.0. The van der Waals surface area contributed by atoms with Crippen LogP contribution in [-0.2, 0) is 9.47 Å². The molecule has 0 aliphatic carbocycles. The van der Waals surface area contributed by atoms with Gasteiger partial charge in [-0.3, -0.25) is 0 Å². The summed E-state index contributed by atoms with van der Waals surface area (Å²) in [5, 5.41) is 9.84. The van der Waals surface area contributed by atoms with E-state index in [0.717, 1.165) is 6.42 Å². The number of nitrogens with two attached hydrogens (primary N) is 1. The number of methoxy groups -OCH3 is 2. The van der Waals surface area contributed by atoms with Gasteiger partial charge in [0.25, 0.3) is 0 Å². The van der Waals surface area contributed by atoms with Crippen molar-refractivity contribution in [1.29, 1.82) is 0 Å². The minimum atomic E-state index is -0.872. The van der Waals surface area contributed by atoms with Crippen molar-refractivity contribution in [3.8, 4) is 0 Å². The highest BCUT2D eigenvalue weighted by Crippen LogP contribution is 2.13. The summed E-state index contributed by atoms with van der Waals surface area (Å²) >= 11 is 0. The van der Waals surface area contributed by atoms with Crippen molar-refractivity contribution in [3.63, 3.8) is 0 Å². The fourth-order valence-electron chi connectivity index (χ4n) is 1.15. The first-order valence-corrected chi connectivity index (χ1v) is 4.09. The van der Waals surface area contributed by atoms with E-state index in [1.54, 1.807) is 14.2 Å². The Morgan fingerprint density at radius 2 is 1.75 bits per heavy atom. The Kier molecular flexibility index (Phi) is 6.28. The molecule has 0 aromatic carbocycles. The van der Waals surface area contributed by atoms with Crippen molar-refractivity contribution in [1.82, 2.24) is 0 Å². The number of hydrogen-bond donors (Lipinski definition) is 2. The van der Waals surface area contributed by atoms with Crippen molar-refractivity contribution in [2.45, 2.75) is 18.4 Å². The average molecular weight is 177 g/mol. The van der Waals surface area contributed by atoms with Crippen molar-refractivity contribution in [3.05, 3.63) is 0 Å². The Morgan fingerprint density at radius 1 is 1.25 bits per heavy atom. The molecule has 4 heteroatoms. The molecule has 3 N–H and O–H groups in total. The number of hydrogen-bond acceptors (Lipinski definition) is 4. The van der Waals surface area contributed by atoms with E-state index < -0.39 is 5.60 Å². The standard InChI is InChI=1S/C8H19NO3/c1-11-6-8(10,7-12-2)4-3-5-9/h10H,3-7,9H2,1-2H3. The summed E-state index contributed by atoms with van der Waals surface area (Å²) < 4.78 is 9.77. The fraction of sp³-hybridized carbons (Fsp3) is 1.00. The van der Waals surface area contributed by atoms with E-state index in [4.69, 9.17) is 15.2 Å². The summed E-state index contributed by atoms with van der Waals surface area (Å²) in [5.74, 6) is 0. The summed E-state index contributed by atoms with van der Waals surface area (Å²) in [6.45, 7) is 1.16. The van der Waals surface area contributed by atoms with Gasteiger partial charge in [0.1, 0.15) is 5.60 Å². The minimum Gasteiger partial charge on any atom is -0.385 e. The predicted molar refractivity (Wildman–Crippen MR) is 47.0 cm³/mol. The summed E-state index contributed by atoms with van der Waals surface area (Å²) in [6, 6.07) is 0. The lowest BCUT2D eigenvalue weighted by molar-refractivity contribution is -0.0824. The predicted octanol–water partition coefficient (Wildman–Crippen LogP) is -0.251. The lowest BCUT2D eigenvalue weighted by Crippen LogP contribution is -2.39. The number of rotatable bonds is 7. The molecule has 0 unspecified atom stereocenters. The maximum atomic E-state index is 9.84. The van der Waals surface area contributed by atoms with Crippen LogP contribution in [-0.4, -0.2) is 44.7 Å². The Hall–Kier alpha value is -0.160. The molecule has 0 bridgehead atoms. The van der Waals surface area contributed by atoms with Crippen molar-refractivity contribution in [2.75, 3.05) is 34.0 Å². The Morgan fingerprint density at radius 3 is 2.08 bits per heavy atom. The maximum absolute atomic E-state index is 9.84. The van der Waals surface area contributed by atoms with E-state index in [-0.39, 0.29) is 0 Å². The minimum absolute atomic E-state index is 0.292. The SMILES string of the molecule is COCC(O)(CCCN)COC. The molecule has 0 heterocycles.